The fourth-order valence-corrected chi connectivity index (χ4v) is 1.71. The van der Waals surface area contributed by atoms with Crippen LogP contribution in [-0.2, 0) is 11.0 Å². The van der Waals surface area contributed by atoms with Crippen molar-refractivity contribution in [3.8, 4) is 0 Å². The number of alkyl halides is 3. The second kappa shape index (κ2) is 5.63. The third-order valence-electron chi connectivity index (χ3n) is 2.97. The highest BCUT2D eigenvalue weighted by atomic mass is 19.4. The van der Waals surface area contributed by atoms with Crippen LogP contribution in [0.15, 0.2) is 18.2 Å². The van der Waals surface area contributed by atoms with E-state index in [1.165, 1.54) is 6.07 Å². The number of amides is 2. The number of nitrogen functional groups attached to an aromatic ring is 1. The van der Waals surface area contributed by atoms with Gasteiger partial charge in [0.1, 0.15) is 0 Å². The molecule has 1 aromatic carbocycles. The maximum atomic E-state index is 12.7. The molecule has 4 N–H and O–H groups in total. The van der Waals surface area contributed by atoms with Gasteiger partial charge in [0.05, 0.1) is 12.1 Å². The first-order chi connectivity index (χ1) is 9.77. The van der Waals surface area contributed by atoms with Crippen molar-refractivity contribution in [2.75, 3.05) is 12.3 Å². The summed E-state index contributed by atoms with van der Waals surface area (Å²) in [6, 6.07) is 3.02. The first-order valence-corrected chi connectivity index (χ1v) is 6.31. The Labute approximate surface area is 118 Å². The number of carbonyl (C=O) groups is 2. The van der Waals surface area contributed by atoms with E-state index in [1.54, 1.807) is 0 Å². The number of nitrogens with one attached hydrogen (secondary N) is 2. The van der Waals surface area contributed by atoms with Gasteiger partial charge in [-0.1, -0.05) is 0 Å². The third-order valence-corrected chi connectivity index (χ3v) is 2.97. The Hall–Kier alpha value is -2.25. The molecule has 0 atom stereocenters. The van der Waals surface area contributed by atoms with Gasteiger partial charge in [0.25, 0.3) is 5.91 Å². The number of hydrogen-bond donors (Lipinski definition) is 3. The van der Waals surface area contributed by atoms with E-state index >= 15 is 0 Å². The quantitative estimate of drug-likeness (QED) is 0.733. The summed E-state index contributed by atoms with van der Waals surface area (Å²) < 4.78 is 38.0. The number of hydrogen-bond acceptors (Lipinski definition) is 3. The van der Waals surface area contributed by atoms with Crippen molar-refractivity contribution in [1.29, 1.82) is 0 Å². The predicted molar refractivity (Wildman–Crippen MR) is 69.4 cm³/mol. The summed E-state index contributed by atoms with van der Waals surface area (Å²) in [5.74, 6) is -1.12. The third kappa shape index (κ3) is 4.11. The molecule has 0 bridgehead atoms. The Bertz CT molecular complexity index is 568. The number of rotatable bonds is 4. The van der Waals surface area contributed by atoms with E-state index in [0.29, 0.717) is 6.07 Å². The van der Waals surface area contributed by atoms with Gasteiger partial charge in [-0.05, 0) is 31.0 Å². The summed E-state index contributed by atoms with van der Waals surface area (Å²) in [6.07, 6.45) is -2.82. The SMILES string of the molecule is Nc1ccc(C(=O)NCC(=O)NC2CC2)cc1C(F)(F)F. The predicted octanol–water partition coefficient (Wildman–Crippen LogP) is 1.30. The minimum atomic E-state index is -4.64. The molecule has 5 nitrogen and oxygen atoms in total. The first-order valence-electron chi connectivity index (χ1n) is 6.31. The molecule has 0 radical (unpaired) electrons. The zero-order valence-corrected chi connectivity index (χ0v) is 11.0. The lowest BCUT2D eigenvalue weighted by Gasteiger charge is -2.12. The lowest BCUT2D eigenvalue weighted by Crippen LogP contribution is -2.37. The highest BCUT2D eigenvalue weighted by molar-refractivity contribution is 5.97. The van der Waals surface area contributed by atoms with Crippen LogP contribution in [0.3, 0.4) is 0 Å². The molecule has 0 unspecified atom stereocenters. The number of carbonyl (C=O) groups excluding carboxylic acids is 2. The summed E-state index contributed by atoms with van der Waals surface area (Å²) in [4.78, 5) is 23.1. The van der Waals surface area contributed by atoms with Gasteiger partial charge >= 0.3 is 6.18 Å². The molecular weight excluding hydrogens is 287 g/mol. The van der Waals surface area contributed by atoms with Gasteiger partial charge < -0.3 is 16.4 Å². The monoisotopic (exact) mass is 301 g/mol. The summed E-state index contributed by atoms with van der Waals surface area (Å²) in [5.41, 5.74) is 3.52. The smallest absolute Gasteiger partial charge is 0.398 e. The molecule has 0 aromatic heterocycles. The average Bonchev–Trinajstić information content (AvgIpc) is 3.19. The Balaban J connectivity index is 2.00. The summed E-state index contributed by atoms with van der Waals surface area (Å²) in [5, 5.41) is 4.92. The molecule has 21 heavy (non-hydrogen) atoms. The van der Waals surface area contributed by atoms with Crippen LogP contribution in [0.1, 0.15) is 28.8 Å². The van der Waals surface area contributed by atoms with Crippen molar-refractivity contribution >= 4 is 17.5 Å². The van der Waals surface area contributed by atoms with Crippen LogP contribution in [0, 0.1) is 0 Å². The van der Waals surface area contributed by atoms with Crippen LogP contribution in [0.25, 0.3) is 0 Å². The minimum Gasteiger partial charge on any atom is -0.398 e. The van der Waals surface area contributed by atoms with E-state index in [0.717, 1.165) is 18.9 Å². The van der Waals surface area contributed by atoms with Crippen LogP contribution in [-0.4, -0.2) is 24.4 Å². The Morgan fingerprint density at radius 3 is 2.52 bits per heavy atom. The number of benzene rings is 1. The van der Waals surface area contributed by atoms with Gasteiger partial charge in [-0.25, -0.2) is 0 Å². The van der Waals surface area contributed by atoms with E-state index in [1.807, 2.05) is 0 Å². The fraction of sp³-hybridized carbons (Fsp3) is 0.385. The van der Waals surface area contributed by atoms with E-state index in [9.17, 15) is 22.8 Å². The molecular formula is C13H14F3N3O2. The van der Waals surface area contributed by atoms with Gasteiger partial charge in [-0.15, -0.1) is 0 Å². The van der Waals surface area contributed by atoms with Gasteiger partial charge in [0.15, 0.2) is 0 Å². The van der Waals surface area contributed by atoms with Crippen LogP contribution in [0.2, 0.25) is 0 Å². The van der Waals surface area contributed by atoms with Crippen LogP contribution in [0.5, 0.6) is 0 Å². The second-order valence-corrected chi connectivity index (χ2v) is 4.82. The van der Waals surface area contributed by atoms with Crippen LogP contribution < -0.4 is 16.4 Å². The summed E-state index contributed by atoms with van der Waals surface area (Å²) in [6.45, 7) is -0.277. The molecule has 0 spiro atoms. The maximum absolute atomic E-state index is 12.7. The van der Waals surface area contributed by atoms with Crippen LogP contribution >= 0.6 is 0 Å². The Morgan fingerprint density at radius 2 is 1.95 bits per heavy atom. The van der Waals surface area contributed by atoms with E-state index in [2.05, 4.69) is 10.6 Å². The minimum absolute atomic E-state index is 0.155. The fourth-order valence-electron chi connectivity index (χ4n) is 1.71. The molecule has 1 aromatic rings. The van der Waals surface area contributed by atoms with E-state index in [4.69, 9.17) is 5.73 Å². The van der Waals surface area contributed by atoms with Crippen molar-refractivity contribution in [2.24, 2.45) is 0 Å². The highest BCUT2D eigenvalue weighted by Crippen LogP contribution is 2.33. The molecule has 0 heterocycles. The first kappa shape index (κ1) is 15.1. The van der Waals surface area contributed by atoms with E-state index < -0.39 is 23.3 Å². The molecule has 8 heteroatoms. The Morgan fingerprint density at radius 1 is 1.29 bits per heavy atom. The molecule has 1 aliphatic rings. The lowest BCUT2D eigenvalue weighted by molar-refractivity contribution is -0.137. The standard InChI is InChI=1S/C13H14F3N3O2/c14-13(15,16)9-5-7(1-4-10(9)17)12(21)18-6-11(20)19-8-2-3-8/h1,4-5,8H,2-3,6,17H2,(H,18,21)(H,19,20). The molecule has 0 aliphatic heterocycles. The molecule has 2 amide bonds. The number of nitrogens with two attached hydrogens (primary N) is 1. The van der Waals surface area contributed by atoms with E-state index in [-0.39, 0.29) is 24.1 Å². The number of anilines is 1. The largest absolute Gasteiger partial charge is 0.418 e. The van der Waals surface area contributed by atoms with Crippen molar-refractivity contribution in [3.05, 3.63) is 29.3 Å². The second-order valence-electron chi connectivity index (χ2n) is 4.82. The molecule has 114 valence electrons. The topological polar surface area (TPSA) is 84.2 Å². The van der Waals surface area contributed by atoms with Crippen molar-refractivity contribution in [2.45, 2.75) is 25.1 Å². The number of halogens is 3. The van der Waals surface area contributed by atoms with Gasteiger partial charge in [0, 0.05) is 17.3 Å². The van der Waals surface area contributed by atoms with Gasteiger partial charge in [-0.2, -0.15) is 13.2 Å². The normalized spacial score (nSPS) is 14.6. The average molecular weight is 301 g/mol. The molecule has 1 aliphatic carbocycles. The summed E-state index contributed by atoms with van der Waals surface area (Å²) >= 11 is 0. The molecule has 2 rings (SSSR count). The zero-order chi connectivity index (χ0) is 15.6. The maximum Gasteiger partial charge on any atom is 0.418 e. The van der Waals surface area contributed by atoms with Crippen molar-refractivity contribution in [1.82, 2.24) is 10.6 Å². The van der Waals surface area contributed by atoms with Gasteiger partial charge in [-0.3, -0.25) is 9.59 Å². The zero-order valence-electron chi connectivity index (χ0n) is 11.0. The van der Waals surface area contributed by atoms with Gasteiger partial charge in [0.2, 0.25) is 5.91 Å². The van der Waals surface area contributed by atoms with Crippen molar-refractivity contribution in [3.63, 3.8) is 0 Å². The van der Waals surface area contributed by atoms with Crippen LogP contribution in [0.4, 0.5) is 18.9 Å². The van der Waals surface area contributed by atoms with Crippen molar-refractivity contribution < 1.29 is 22.8 Å². The Kier molecular flexibility index (Phi) is 4.06. The summed E-state index contributed by atoms with van der Waals surface area (Å²) in [7, 11) is 0. The molecule has 1 fully saturated rings. The highest BCUT2D eigenvalue weighted by Gasteiger charge is 2.33. The molecule has 0 saturated heterocycles. The lowest BCUT2D eigenvalue weighted by atomic mass is 10.1. The molecule has 1 saturated carbocycles.